The number of carbonyl (C=O) groups is 2. The van der Waals surface area contributed by atoms with Crippen LogP contribution in [0.1, 0.15) is 36.2 Å². The molecule has 0 bridgehead atoms. The molecular formula is C22H28N2O6S. The number of hydrogen-bond acceptors (Lipinski definition) is 6. The molecule has 8 nitrogen and oxygen atoms in total. The largest absolute Gasteiger partial charge is 0.481 e. The van der Waals surface area contributed by atoms with Crippen LogP contribution in [0.4, 0.5) is 11.4 Å². The van der Waals surface area contributed by atoms with Gasteiger partial charge in [-0.1, -0.05) is 13.0 Å². The second-order valence-corrected chi connectivity index (χ2v) is 8.99. The van der Waals surface area contributed by atoms with Crippen molar-refractivity contribution in [3.05, 3.63) is 53.6 Å². The predicted molar refractivity (Wildman–Crippen MR) is 120 cm³/mol. The number of aryl methyl sites for hydroxylation is 1. The Hall–Kier alpha value is -3.07. The highest BCUT2D eigenvalue weighted by molar-refractivity contribution is 7.92. The molecule has 9 heteroatoms. The molecule has 0 aliphatic heterocycles. The van der Waals surface area contributed by atoms with E-state index in [4.69, 9.17) is 9.47 Å². The third-order valence-electron chi connectivity index (χ3n) is 4.65. The minimum absolute atomic E-state index is 0.263. The van der Waals surface area contributed by atoms with Gasteiger partial charge in [0.2, 0.25) is 10.0 Å². The van der Waals surface area contributed by atoms with Crippen LogP contribution < -0.4 is 14.4 Å². The summed E-state index contributed by atoms with van der Waals surface area (Å²) in [5.74, 6) is -0.381. The lowest BCUT2D eigenvalue weighted by Crippen LogP contribution is -2.32. The number of sulfonamides is 1. The molecule has 0 aromatic heterocycles. The first-order valence-electron chi connectivity index (χ1n) is 9.86. The SMILES string of the molecule is CCOC(=O)c1ccc(C)c(NC(=O)[C@H](CC)Oc2ccc(N(C)S(C)(=O)=O)cc2)c1. The number of ether oxygens (including phenoxy) is 2. The van der Waals surface area contributed by atoms with Crippen LogP contribution in [-0.4, -0.2) is 46.3 Å². The zero-order chi connectivity index (χ0) is 23.2. The highest BCUT2D eigenvalue weighted by atomic mass is 32.2. The maximum atomic E-state index is 12.8. The second kappa shape index (κ2) is 10.3. The molecular weight excluding hydrogens is 420 g/mol. The van der Waals surface area contributed by atoms with Gasteiger partial charge in [-0.2, -0.15) is 0 Å². The van der Waals surface area contributed by atoms with Gasteiger partial charge in [-0.3, -0.25) is 9.10 Å². The molecule has 0 saturated heterocycles. The number of nitrogens with zero attached hydrogens (tertiary/aromatic N) is 1. The van der Waals surface area contributed by atoms with Gasteiger partial charge in [-0.15, -0.1) is 0 Å². The third-order valence-corrected chi connectivity index (χ3v) is 5.85. The van der Waals surface area contributed by atoms with E-state index in [-0.39, 0.29) is 12.5 Å². The fourth-order valence-corrected chi connectivity index (χ4v) is 3.23. The van der Waals surface area contributed by atoms with Crippen LogP contribution in [0.5, 0.6) is 5.75 Å². The lowest BCUT2D eigenvalue weighted by molar-refractivity contribution is -0.122. The fourth-order valence-electron chi connectivity index (χ4n) is 2.72. The molecule has 0 spiro atoms. The van der Waals surface area contributed by atoms with Crippen LogP contribution in [0.3, 0.4) is 0 Å². The number of rotatable bonds is 9. The Balaban J connectivity index is 2.12. The molecule has 1 amide bonds. The Morgan fingerprint density at radius 3 is 2.29 bits per heavy atom. The second-order valence-electron chi connectivity index (χ2n) is 6.98. The van der Waals surface area contributed by atoms with Gasteiger partial charge in [0.05, 0.1) is 24.1 Å². The molecule has 2 aromatic carbocycles. The highest BCUT2D eigenvalue weighted by Crippen LogP contribution is 2.23. The number of hydrogen-bond donors (Lipinski definition) is 1. The smallest absolute Gasteiger partial charge is 0.338 e. The van der Waals surface area contributed by atoms with Crippen molar-refractivity contribution in [3.63, 3.8) is 0 Å². The van der Waals surface area contributed by atoms with E-state index in [0.29, 0.717) is 29.1 Å². The van der Waals surface area contributed by atoms with Crippen LogP contribution in [0.25, 0.3) is 0 Å². The van der Waals surface area contributed by atoms with Gasteiger partial charge in [0.15, 0.2) is 6.10 Å². The van der Waals surface area contributed by atoms with Crippen molar-refractivity contribution in [1.82, 2.24) is 0 Å². The maximum absolute atomic E-state index is 12.8. The van der Waals surface area contributed by atoms with Gasteiger partial charge in [-0.05, 0) is 62.2 Å². The van der Waals surface area contributed by atoms with E-state index in [1.54, 1.807) is 49.4 Å². The molecule has 2 aromatic rings. The summed E-state index contributed by atoms with van der Waals surface area (Å²) in [6.07, 6.45) is 0.755. The van der Waals surface area contributed by atoms with Crippen LogP contribution >= 0.6 is 0 Å². The van der Waals surface area contributed by atoms with Crippen molar-refractivity contribution in [1.29, 1.82) is 0 Å². The minimum Gasteiger partial charge on any atom is -0.481 e. The summed E-state index contributed by atoms with van der Waals surface area (Å²) in [5, 5.41) is 2.81. The molecule has 1 atom stereocenters. The molecule has 0 saturated carbocycles. The number of amides is 1. The standard InChI is InChI=1S/C22H28N2O6S/c1-6-20(30-18-12-10-17(11-13-18)24(4)31(5,27)28)21(25)23-19-14-16(9-8-15(19)3)22(26)29-7-2/h8-14,20H,6-7H2,1-5H3,(H,23,25)/t20-/m0/s1. The summed E-state index contributed by atoms with van der Waals surface area (Å²) in [7, 11) is -1.91. The molecule has 0 radical (unpaired) electrons. The van der Waals surface area contributed by atoms with E-state index in [2.05, 4.69) is 5.32 Å². The maximum Gasteiger partial charge on any atom is 0.338 e. The lowest BCUT2D eigenvalue weighted by Gasteiger charge is -2.20. The molecule has 2 rings (SSSR count). The number of anilines is 2. The Bertz CT molecular complexity index is 1030. The summed E-state index contributed by atoms with van der Waals surface area (Å²) in [5.41, 5.74) is 2.13. The van der Waals surface area contributed by atoms with E-state index in [0.717, 1.165) is 16.1 Å². The summed E-state index contributed by atoms with van der Waals surface area (Å²) >= 11 is 0. The molecule has 0 aliphatic rings. The Kier molecular flexibility index (Phi) is 8.04. The molecule has 0 heterocycles. The Morgan fingerprint density at radius 1 is 1.10 bits per heavy atom. The van der Waals surface area contributed by atoms with E-state index in [1.807, 2.05) is 13.8 Å². The number of nitrogens with one attached hydrogen (secondary N) is 1. The van der Waals surface area contributed by atoms with Crippen molar-refractivity contribution in [2.24, 2.45) is 0 Å². The fraction of sp³-hybridized carbons (Fsp3) is 0.364. The van der Waals surface area contributed by atoms with Gasteiger partial charge >= 0.3 is 5.97 Å². The van der Waals surface area contributed by atoms with Crippen LogP contribution in [0, 0.1) is 6.92 Å². The van der Waals surface area contributed by atoms with Crippen LogP contribution in [0.2, 0.25) is 0 Å². The first kappa shape index (κ1) is 24.2. The van der Waals surface area contributed by atoms with Crippen molar-refractivity contribution >= 4 is 33.3 Å². The zero-order valence-electron chi connectivity index (χ0n) is 18.3. The zero-order valence-corrected chi connectivity index (χ0v) is 19.2. The molecule has 0 aliphatic carbocycles. The summed E-state index contributed by atoms with van der Waals surface area (Å²) < 4.78 is 35.3. The molecule has 0 fully saturated rings. The third kappa shape index (κ3) is 6.45. The average Bonchev–Trinajstić information content (AvgIpc) is 2.72. The molecule has 0 unspecified atom stereocenters. The normalized spacial score (nSPS) is 12.0. The lowest BCUT2D eigenvalue weighted by atomic mass is 10.1. The van der Waals surface area contributed by atoms with E-state index in [9.17, 15) is 18.0 Å². The highest BCUT2D eigenvalue weighted by Gasteiger charge is 2.20. The quantitative estimate of drug-likeness (QED) is 0.590. The Labute approximate surface area is 183 Å². The number of esters is 1. The first-order chi connectivity index (χ1) is 14.6. The number of carbonyl (C=O) groups excluding carboxylic acids is 2. The Morgan fingerprint density at radius 2 is 1.74 bits per heavy atom. The monoisotopic (exact) mass is 448 g/mol. The topological polar surface area (TPSA) is 102 Å². The van der Waals surface area contributed by atoms with Crippen LogP contribution in [0.15, 0.2) is 42.5 Å². The van der Waals surface area contributed by atoms with E-state index in [1.165, 1.54) is 7.05 Å². The summed E-state index contributed by atoms with van der Waals surface area (Å²) in [4.78, 5) is 24.7. The summed E-state index contributed by atoms with van der Waals surface area (Å²) in [6.45, 7) is 5.63. The van der Waals surface area contributed by atoms with Gasteiger partial charge in [-0.25, -0.2) is 13.2 Å². The van der Waals surface area contributed by atoms with Crippen molar-refractivity contribution < 1.29 is 27.5 Å². The minimum atomic E-state index is -3.37. The van der Waals surface area contributed by atoms with Gasteiger partial charge in [0.1, 0.15) is 5.75 Å². The molecule has 1 N–H and O–H groups in total. The van der Waals surface area contributed by atoms with E-state index < -0.39 is 22.1 Å². The molecule has 31 heavy (non-hydrogen) atoms. The van der Waals surface area contributed by atoms with Gasteiger partial charge in [0, 0.05) is 12.7 Å². The number of benzene rings is 2. The van der Waals surface area contributed by atoms with E-state index >= 15 is 0 Å². The first-order valence-corrected chi connectivity index (χ1v) is 11.7. The average molecular weight is 449 g/mol. The van der Waals surface area contributed by atoms with Crippen molar-refractivity contribution in [2.45, 2.75) is 33.3 Å². The van der Waals surface area contributed by atoms with Crippen molar-refractivity contribution in [2.75, 3.05) is 29.5 Å². The molecule has 168 valence electrons. The van der Waals surface area contributed by atoms with Crippen molar-refractivity contribution in [3.8, 4) is 5.75 Å². The predicted octanol–water partition coefficient (Wildman–Crippen LogP) is 3.36. The van der Waals surface area contributed by atoms with Gasteiger partial charge in [0.25, 0.3) is 5.91 Å². The van der Waals surface area contributed by atoms with Crippen LogP contribution in [-0.2, 0) is 19.6 Å². The summed E-state index contributed by atoms with van der Waals surface area (Å²) in [6, 6.07) is 11.4. The van der Waals surface area contributed by atoms with Gasteiger partial charge < -0.3 is 14.8 Å².